The summed E-state index contributed by atoms with van der Waals surface area (Å²) in [5.74, 6) is -0.146. The smallest absolute Gasteiger partial charge is 0.262 e. The van der Waals surface area contributed by atoms with Gasteiger partial charge in [0.25, 0.3) is 5.56 Å². The van der Waals surface area contributed by atoms with Crippen LogP contribution in [0, 0.1) is 5.82 Å². The van der Waals surface area contributed by atoms with E-state index in [1.807, 2.05) is 30.3 Å². The highest BCUT2D eigenvalue weighted by Crippen LogP contribution is 2.33. The van der Waals surface area contributed by atoms with Crippen LogP contribution < -0.4 is 10.9 Å². The average Bonchev–Trinajstić information content (AvgIpc) is 3.16. The van der Waals surface area contributed by atoms with Crippen LogP contribution in [0.5, 0.6) is 0 Å². The standard InChI is InChI=1S/C24H23FN4OS/c25-20-7-2-1-5-16(20)10-12-27-17-8-9-19-21(13-17)31-23-22(19)24(30)29(15-28-23)14-18-6-3-4-11-26-18/h1-7,11,15,17,27H,8-10,12-14H2/t17-/m1/s1. The minimum atomic E-state index is -0.146. The lowest BCUT2D eigenvalue weighted by atomic mass is 9.93. The molecule has 1 aliphatic rings. The number of pyridine rings is 1. The van der Waals surface area contributed by atoms with Crippen molar-refractivity contribution in [2.24, 2.45) is 0 Å². The normalized spacial score (nSPS) is 15.8. The second kappa shape index (κ2) is 8.69. The summed E-state index contributed by atoms with van der Waals surface area (Å²) in [6, 6.07) is 13.0. The largest absolute Gasteiger partial charge is 0.313 e. The van der Waals surface area contributed by atoms with E-state index in [0.29, 0.717) is 19.0 Å². The fraction of sp³-hybridized carbons (Fsp3) is 0.292. The Labute approximate surface area is 183 Å². The Kier molecular flexibility index (Phi) is 5.61. The number of fused-ring (bicyclic) bond motifs is 3. The summed E-state index contributed by atoms with van der Waals surface area (Å²) >= 11 is 1.62. The highest BCUT2D eigenvalue weighted by molar-refractivity contribution is 7.18. The number of rotatable bonds is 6. The second-order valence-corrected chi connectivity index (χ2v) is 9.00. The number of aryl methyl sites for hydroxylation is 1. The van der Waals surface area contributed by atoms with Crippen molar-refractivity contribution in [1.29, 1.82) is 0 Å². The molecule has 1 aliphatic carbocycles. The molecule has 31 heavy (non-hydrogen) atoms. The first-order chi connectivity index (χ1) is 15.2. The zero-order valence-corrected chi connectivity index (χ0v) is 17.9. The van der Waals surface area contributed by atoms with Gasteiger partial charge in [-0.3, -0.25) is 14.3 Å². The predicted molar refractivity (Wildman–Crippen MR) is 121 cm³/mol. The molecule has 0 radical (unpaired) electrons. The summed E-state index contributed by atoms with van der Waals surface area (Å²) in [4.78, 5) is 24.1. The van der Waals surface area contributed by atoms with Gasteiger partial charge < -0.3 is 5.32 Å². The van der Waals surface area contributed by atoms with Gasteiger partial charge in [-0.1, -0.05) is 24.3 Å². The van der Waals surface area contributed by atoms with Crippen LogP contribution in [-0.2, 0) is 25.8 Å². The van der Waals surface area contributed by atoms with Gasteiger partial charge >= 0.3 is 0 Å². The Morgan fingerprint density at radius 3 is 2.87 bits per heavy atom. The van der Waals surface area contributed by atoms with E-state index in [4.69, 9.17) is 0 Å². The Hall–Kier alpha value is -2.90. The van der Waals surface area contributed by atoms with Gasteiger partial charge in [0.2, 0.25) is 0 Å². The fourth-order valence-electron chi connectivity index (χ4n) is 4.27. The molecule has 7 heteroatoms. The van der Waals surface area contributed by atoms with Crippen molar-refractivity contribution in [3.63, 3.8) is 0 Å². The van der Waals surface area contributed by atoms with Crippen LogP contribution in [0.2, 0.25) is 0 Å². The molecule has 0 fully saturated rings. The highest BCUT2D eigenvalue weighted by Gasteiger charge is 2.25. The predicted octanol–water partition coefficient (Wildman–Crippen LogP) is 3.73. The lowest BCUT2D eigenvalue weighted by Crippen LogP contribution is -2.35. The summed E-state index contributed by atoms with van der Waals surface area (Å²) < 4.78 is 15.5. The minimum Gasteiger partial charge on any atom is -0.313 e. The third-order valence-electron chi connectivity index (χ3n) is 5.88. The van der Waals surface area contributed by atoms with E-state index in [0.717, 1.165) is 52.8 Å². The first-order valence-electron chi connectivity index (χ1n) is 10.6. The zero-order valence-electron chi connectivity index (χ0n) is 17.1. The molecular weight excluding hydrogens is 411 g/mol. The maximum atomic E-state index is 13.8. The number of aromatic nitrogens is 3. The molecule has 0 saturated heterocycles. The van der Waals surface area contributed by atoms with Crippen LogP contribution in [-0.4, -0.2) is 27.1 Å². The molecule has 1 aromatic carbocycles. The van der Waals surface area contributed by atoms with Crippen molar-refractivity contribution in [2.45, 2.75) is 38.3 Å². The first kappa shape index (κ1) is 20.0. The van der Waals surface area contributed by atoms with Gasteiger partial charge in [0.15, 0.2) is 0 Å². The molecule has 3 heterocycles. The molecule has 0 aliphatic heterocycles. The van der Waals surface area contributed by atoms with E-state index >= 15 is 0 Å². The number of benzene rings is 1. The Morgan fingerprint density at radius 1 is 1.16 bits per heavy atom. The van der Waals surface area contributed by atoms with Gasteiger partial charge in [-0.15, -0.1) is 11.3 Å². The molecule has 5 nitrogen and oxygen atoms in total. The van der Waals surface area contributed by atoms with E-state index in [9.17, 15) is 9.18 Å². The number of halogens is 1. The third-order valence-corrected chi connectivity index (χ3v) is 7.04. The summed E-state index contributed by atoms with van der Waals surface area (Å²) in [5, 5.41) is 4.34. The molecule has 0 bridgehead atoms. The number of hydrogen-bond acceptors (Lipinski definition) is 5. The third kappa shape index (κ3) is 4.16. The van der Waals surface area contributed by atoms with Crippen LogP contribution in [0.3, 0.4) is 0 Å². The maximum absolute atomic E-state index is 13.8. The SMILES string of the molecule is O=c1c2c3c(sc2ncn1Cc1ccccn1)C[C@H](NCCc1ccccc1F)CC3. The van der Waals surface area contributed by atoms with Crippen LogP contribution in [0.1, 0.15) is 28.1 Å². The number of hydrogen-bond donors (Lipinski definition) is 1. The molecule has 158 valence electrons. The zero-order chi connectivity index (χ0) is 21.2. The topological polar surface area (TPSA) is 59.8 Å². The molecular formula is C24H23FN4OS. The molecule has 1 atom stereocenters. The van der Waals surface area contributed by atoms with Gasteiger partial charge in [-0.25, -0.2) is 9.37 Å². The Bertz CT molecular complexity index is 1270. The summed E-state index contributed by atoms with van der Waals surface area (Å²) in [6.07, 6.45) is 6.74. The van der Waals surface area contributed by atoms with Gasteiger partial charge in [-0.2, -0.15) is 0 Å². The van der Waals surface area contributed by atoms with Gasteiger partial charge in [-0.05, 0) is 61.6 Å². The van der Waals surface area contributed by atoms with Crippen molar-refractivity contribution in [3.05, 3.63) is 92.9 Å². The van der Waals surface area contributed by atoms with Gasteiger partial charge in [0.05, 0.1) is 24.0 Å². The summed E-state index contributed by atoms with van der Waals surface area (Å²) in [7, 11) is 0. The molecule has 5 rings (SSSR count). The van der Waals surface area contributed by atoms with Crippen molar-refractivity contribution in [2.75, 3.05) is 6.54 Å². The van der Waals surface area contributed by atoms with E-state index < -0.39 is 0 Å². The lowest BCUT2D eigenvalue weighted by molar-refractivity contribution is 0.464. The van der Waals surface area contributed by atoms with Crippen LogP contribution in [0.25, 0.3) is 10.2 Å². The van der Waals surface area contributed by atoms with Gasteiger partial charge in [0.1, 0.15) is 10.6 Å². The molecule has 4 aromatic rings. The van der Waals surface area contributed by atoms with Crippen LogP contribution in [0.15, 0.2) is 59.8 Å². The molecule has 0 amide bonds. The van der Waals surface area contributed by atoms with Crippen molar-refractivity contribution in [3.8, 4) is 0 Å². The Morgan fingerprint density at radius 2 is 2.03 bits per heavy atom. The number of nitrogens with zero attached hydrogens (tertiary/aromatic N) is 3. The monoisotopic (exact) mass is 434 g/mol. The molecule has 3 aromatic heterocycles. The van der Waals surface area contributed by atoms with E-state index in [1.165, 1.54) is 10.9 Å². The fourth-order valence-corrected chi connectivity index (χ4v) is 5.52. The summed E-state index contributed by atoms with van der Waals surface area (Å²) in [5.41, 5.74) is 2.75. The van der Waals surface area contributed by atoms with Crippen molar-refractivity contribution in [1.82, 2.24) is 19.9 Å². The first-order valence-corrected chi connectivity index (χ1v) is 11.4. The van der Waals surface area contributed by atoms with Crippen LogP contribution >= 0.6 is 11.3 Å². The second-order valence-electron chi connectivity index (χ2n) is 7.92. The Balaban J connectivity index is 1.31. The quantitative estimate of drug-likeness (QED) is 0.502. The van der Waals surface area contributed by atoms with E-state index in [2.05, 4.69) is 15.3 Å². The molecule has 1 N–H and O–H groups in total. The lowest BCUT2D eigenvalue weighted by Gasteiger charge is -2.23. The summed E-state index contributed by atoms with van der Waals surface area (Å²) in [6.45, 7) is 1.16. The maximum Gasteiger partial charge on any atom is 0.262 e. The van der Waals surface area contributed by atoms with E-state index in [-0.39, 0.29) is 11.4 Å². The molecule has 0 unspecified atom stereocenters. The van der Waals surface area contributed by atoms with E-state index in [1.54, 1.807) is 34.5 Å². The van der Waals surface area contributed by atoms with Gasteiger partial charge in [0, 0.05) is 17.1 Å². The minimum absolute atomic E-state index is 0.0131. The molecule has 0 saturated carbocycles. The van der Waals surface area contributed by atoms with Crippen LogP contribution in [0.4, 0.5) is 4.39 Å². The average molecular weight is 435 g/mol. The molecule has 0 spiro atoms. The van der Waals surface area contributed by atoms with Crippen molar-refractivity contribution >= 4 is 21.6 Å². The highest BCUT2D eigenvalue weighted by atomic mass is 32.1. The number of thiophene rings is 1. The van der Waals surface area contributed by atoms with Crippen molar-refractivity contribution < 1.29 is 4.39 Å². The number of nitrogens with one attached hydrogen (secondary N) is 1.